The number of aliphatic hydroxyl groups excluding tert-OH is 1. The molecule has 1 aromatic heterocycles. The molecular weight excluding hydrogens is 519 g/mol. The number of hydrogen-bond acceptors (Lipinski definition) is 7. The summed E-state index contributed by atoms with van der Waals surface area (Å²) in [6.07, 6.45) is -0.443. The number of rotatable bonds is 12. The van der Waals surface area contributed by atoms with Crippen molar-refractivity contribution < 1.29 is 27.8 Å². The lowest BCUT2D eigenvalue weighted by atomic mass is 10.0. The minimum absolute atomic E-state index is 0.0496. The van der Waals surface area contributed by atoms with E-state index in [0.717, 1.165) is 22.7 Å². The predicted molar refractivity (Wildman–Crippen MR) is 141 cm³/mol. The topological polar surface area (TPSA) is 132 Å². The molecule has 12 heteroatoms. The van der Waals surface area contributed by atoms with Gasteiger partial charge < -0.3 is 20.8 Å². The molecule has 1 heterocycles. The number of anilines is 1. The summed E-state index contributed by atoms with van der Waals surface area (Å²) in [5.74, 6) is -0.485. The van der Waals surface area contributed by atoms with E-state index in [1.54, 1.807) is 12.1 Å². The zero-order chi connectivity index (χ0) is 26.7. The SMILES string of the molecule is CC(C)CN(C[C@@H](O)[C@H](Cc1ccc(F)cc1)NC(=O)O)S(=O)(=O)c1ccc2nc(NC3CC3)sc2c1. The molecule has 2 aromatic carbocycles. The minimum Gasteiger partial charge on any atom is -0.465 e. The summed E-state index contributed by atoms with van der Waals surface area (Å²) in [5, 5.41) is 26.7. The Morgan fingerprint density at radius 1 is 1.19 bits per heavy atom. The first kappa shape index (κ1) is 27.2. The largest absolute Gasteiger partial charge is 0.465 e. The number of amides is 1. The Bertz CT molecular complexity index is 1340. The molecule has 4 N–H and O–H groups in total. The van der Waals surface area contributed by atoms with Crippen LogP contribution < -0.4 is 10.6 Å². The fourth-order valence-corrected chi connectivity index (χ4v) is 6.71. The summed E-state index contributed by atoms with van der Waals surface area (Å²) in [7, 11) is -4.02. The van der Waals surface area contributed by atoms with Gasteiger partial charge >= 0.3 is 6.09 Å². The van der Waals surface area contributed by atoms with E-state index in [9.17, 15) is 27.8 Å². The Kier molecular flexibility index (Phi) is 8.32. The second kappa shape index (κ2) is 11.3. The van der Waals surface area contributed by atoms with E-state index in [2.05, 4.69) is 15.6 Å². The number of carbonyl (C=O) groups is 1. The van der Waals surface area contributed by atoms with Gasteiger partial charge in [-0.2, -0.15) is 4.31 Å². The number of carboxylic acid groups (broad SMARTS) is 1. The van der Waals surface area contributed by atoms with Crippen LogP contribution in [0.4, 0.5) is 14.3 Å². The molecule has 37 heavy (non-hydrogen) atoms. The number of thiazole rings is 1. The summed E-state index contributed by atoms with van der Waals surface area (Å²) in [4.78, 5) is 16.0. The van der Waals surface area contributed by atoms with Crippen LogP contribution in [0.25, 0.3) is 10.2 Å². The maximum absolute atomic E-state index is 13.7. The smallest absolute Gasteiger partial charge is 0.404 e. The van der Waals surface area contributed by atoms with Gasteiger partial charge in [-0.25, -0.2) is 22.6 Å². The van der Waals surface area contributed by atoms with Crippen LogP contribution in [0, 0.1) is 11.7 Å². The number of nitrogens with one attached hydrogen (secondary N) is 2. The van der Waals surface area contributed by atoms with Crippen LogP contribution in [-0.4, -0.2) is 65.3 Å². The molecule has 0 aliphatic heterocycles. The van der Waals surface area contributed by atoms with E-state index in [1.807, 2.05) is 13.8 Å². The quantitative estimate of drug-likeness (QED) is 0.269. The van der Waals surface area contributed by atoms with E-state index >= 15 is 0 Å². The summed E-state index contributed by atoms with van der Waals surface area (Å²) in [5.41, 5.74) is 1.30. The molecule has 1 fully saturated rings. The molecule has 3 aromatic rings. The van der Waals surface area contributed by atoms with Gasteiger partial charge in [0.1, 0.15) is 5.82 Å². The van der Waals surface area contributed by atoms with Crippen molar-refractivity contribution in [1.29, 1.82) is 0 Å². The highest BCUT2D eigenvalue weighted by molar-refractivity contribution is 7.89. The lowest BCUT2D eigenvalue weighted by molar-refractivity contribution is 0.0980. The van der Waals surface area contributed by atoms with Crippen LogP contribution in [0.15, 0.2) is 47.4 Å². The monoisotopic (exact) mass is 550 g/mol. The summed E-state index contributed by atoms with van der Waals surface area (Å²) in [6, 6.07) is 9.67. The zero-order valence-electron chi connectivity index (χ0n) is 20.6. The van der Waals surface area contributed by atoms with Gasteiger partial charge in [0.05, 0.1) is 27.3 Å². The number of nitrogens with zero attached hydrogens (tertiary/aromatic N) is 2. The van der Waals surface area contributed by atoms with Crippen LogP contribution in [0.2, 0.25) is 0 Å². The van der Waals surface area contributed by atoms with Crippen LogP contribution in [0.5, 0.6) is 0 Å². The second-order valence-electron chi connectivity index (χ2n) is 9.74. The first-order valence-electron chi connectivity index (χ1n) is 12.1. The zero-order valence-corrected chi connectivity index (χ0v) is 22.2. The summed E-state index contributed by atoms with van der Waals surface area (Å²) in [6.45, 7) is 3.54. The Morgan fingerprint density at radius 2 is 1.89 bits per heavy atom. The molecule has 1 amide bonds. The van der Waals surface area contributed by atoms with Crippen molar-refractivity contribution in [1.82, 2.24) is 14.6 Å². The first-order chi connectivity index (χ1) is 17.5. The van der Waals surface area contributed by atoms with Gasteiger partial charge in [0.25, 0.3) is 0 Å². The van der Waals surface area contributed by atoms with Crippen molar-refractivity contribution in [2.75, 3.05) is 18.4 Å². The molecule has 9 nitrogen and oxygen atoms in total. The molecule has 0 spiro atoms. The van der Waals surface area contributed by atoms with Crippen LogP contribution >= 0.6 is 11.3 Å². The highest BCUT2D eigenvalue weighted by atomic mass is 32.2. The number of hydrogen-bond donors (Lipinski definition) is 4. The Hall–Kier alpha value is -2.80. The average Bonchev–Trinajstić information content (AvgIpc) is 3.54. The van der Waals surface area contributed by atoms with Crippen molar-refractivity contribution >= 4 is 42.8 Å². The minimum atomic E-state index is -4.02. The molecule has 0 radical (unpaired) electrons. The third-order valence-electron chi connectivity index (χ3n) is 6.00. The van der Waals surface area contributed by atoms with Gasteiger partial charge in [-0.15, -0.1) is 0 Å². The lowest BCUT2D eigenvalue weighted by Crippen LogP contribution is -2.50. The van der Waals surface area contributed by atoms with Gasteiger partial charge in [0.15, 0.2) is 5.13 Å². The van der Waals surface area contributed by atoms with E-state index in [-0.39, 0.29) is 30.3 Å². The van der Waals surface area contributed by atoms with Crippen LogP contribution in [-0.2, 0) is 16.4 Å². The fourth-order valence-electron chi connectivity index (χ4n) is 4.01. The van der Waals surface area contributed by atoms with Crippen molar-refractivity contribution in [3.8, 4) is 0 Å². The third-order valence-corrected chi connectivity index (χ3v) is 8.78. The van der Waals surface area contributed by atoms with E-state index in [4.69, 9.17) is 0 Å². The van der Waals surface area contributed by atoms with Gasteiger partial charge in [0.2, 0.25) is 10.0 Å². The molecular formula is C25H31FN4O5S2. The number of benzene rings is 2. The number of aromatic nitrogens is 1. The van der Waals surface area contributed by atoms with Gasteiger partial charge in [-0.1, -0.05) is 37.3 Å². The molecule has 0 bridgehead atoms. The number of sulfonamides is 1. The average molecular weight is 551 g/mol. The normalized spacial score (nSPS) is 15.7. The number of fused-ring (bicyclic) bond motifs is 1. The van der Waals surface area contributed by atoms with Crippen molar-refractivity contribution in [2.24, 2.45) is 5.92 Å². The molecule has 0 unspecified atom stereocenters. The lowest BCUT2D eigenvalue weighted by Gasteiger charge is -2.30. The maximum atomic E-state index is 13.7. The molecule has 1 aliphatic rings. The molecule has 2 atom stereocenters. The fraction of sp³-hybridized carbons (Fsp3) is 0.440. The van der Waals surface area contributed by atoms with Crippen LogP contribution in [0.1, 0.15) is 32.3 Å². The van der Waals surface area contributed by atoms with Crippen molar-refractivity contribution in [3.63, 3.8) is 0 Å². The van der Waals surface area contributed by atoms with E-state index in [0.29, 0.717) is 17.1 Å². The standard InChI is InChI=1S/C25H31FN4O5S2/c1-15(2)13-30(14-22(31)21(29-25(32)33)11-16-3-5-17(26)6-4-16)37(34,35)19-9-10-20-23(12-19)36-24(28-20)27-18-7-8-18/h3-6,9-10,12,15,18,21-22,29,31H,7-8,11,13-14H2,1-2H3,(H,27,28)(H,32,33)/t21-,22+/m0/s1. The molecule has 1 saturated carbocycles. The molecule has 1 aliphatic carbocycles. The first-order valence-corrected chi connectivity index (χ1v) is 14.4. The van der Waals surface area contributed by atoms with Gasteiger partial charge in [-0.05, 0) is 61.1 Å². The molecule has 200 valence electrons. The number of aliphatic hydroxyl groups is 1. The van der Waals surface area contributed by atoms with Crippen LogP contribution in [0.3, 0.4) is 0 Å². The summed E-state index contributed by atoms with van der Waals surface area (Å²) >= 11 is 1.39. The highest BCUT2D eigenvalue weighted by Crippen LogP contribution is 2.32. The number of halogens is 1. The maximum Gasteiger partial charge on any atom is 0.404 e. The van der Waals surface area contributed by atoms with Gasteiger partial charge in [0, 0.05) is 19.1 Å². The second-order valence-corrected chi connectivity index (χ2v) is 12.7. The van der Waals surface area contributed by atoms with Crippen molar-refractivity contribution in [3.05, 3.63) is 53.8 Å². The van der Waals surface area contributed by atoms with E-state index in [1.165, 1.54) is 46.0 Å². The Morgan fingerprint density at radius 3 is 2.51 bits per heavy atom. The highest BCUT2D eigenvalue weighted by Gasteiger charge is 2.32. The van der Waals surface area contributed by atoms with Gasteiger partial charge in [-0.3, -0.25) is 0 Å². The van der Waals surface area contributed by atoms with E-state index < -0.39 is 34.1 Å². The molecule has 0 saturated heterocycles. The van der Waals surface area contributed by atoms with Crippen molar-refractivity contribution in [2.45, 2.75) is 56.2 Å². The third kappa shape index (κ3) is 7.16. The molecule has 4 rings (SSSR count). The Balaban J connectivity index is 1.57. The predicted octanol–water partition coefficient (Wildman–Crippen LogP) is 3.90. The Labute approximate surface area is 219 Å². The summed E-state index contributed by atoms with van der Waals surface area (Å²) < 4.78 is 42.6.